The summed E-state index contributed by atoms with van der Waals surface area (Å²) in [4.78, 5) is 17.7. The number of carbonyl (C=O) groups excluding carboxylic acids is 1. The van der Waals surface area contributed by atoms with Crippen LogP contribution in [-0.4, -0.2) is 32.1 Å². The smallest absolute Gasteiger partial charge is 0.340 e. The first-order chi connectivity index (χ1) is 16.5. The Morgan fingerprint density at radius 2 is 1.24 bits per heavy atom. The average molecular weight is 458 g/mol. The number of nitrogens with zero attached hydrogens (tertiary/aromatic N) is 2. The van der Waals surface area contributed by atoms with E-state index in [1.165, 1.54) is 0 Å². The van der Waals surface area contributed by atoms with Crippen LogP contribution in [0.2, 0.25) is 0 Å². The molecular formula is C28H31N3O3. The van der Waals surface area contributed by atoms with Crippen molar-refractivity contribution >= 4 is 23.0 Å². The molecule has 2 aliphatic rings. The molecule has 0 radical (unpaired) electrons. The van der Waals surface area contributed by atoms with Gasteiger partial charge in [0.1, 0.15) is 11.5 Å². The summed E-state index contributed by atoms with van der Waals surface area (Å²) >= 11 is 0. The van der Waals surface area contributed by atoms with E-state index in [9.17, 15) is 4.79 Å². The normalized spacial score (nSPS) is 14.6. The fraction of sp³-hybridized carbons (Fsp3) is 0.321. The monoisotopic (exact) mass is 457 g/mol. The van der Waals surface area contributed by atoms with E-state index in [2.05, 4.69) is 61.8 Å². The summed E-state index contributed by atoms with van der Waals surface area (Å²) < 4.78 is 12.8. The first-order valence-corrected chi connectivity index (χ1v) is 12.1. The second-order valence-corrected chi connectivity index (χ2v) is 8.68. The summed E-state index contributed by atoms with van der Waals surface area (Å²) in [6.07, 6.45) is 0. The number of esters is 1. The maximum absolute atomic E-state index is 13.1. The van der Waals surface area contributed by atoms with Gasteiger partial charge in [0.2, 0.25) is 0 Å². The Bertz CT molecular complexity index is 1200. The Kier molecular flexibility index (Phi) is 5.39. The highest BCUT2D eigenvalue weighted by atomic mass is 16.6. The number of carbonyl (C=O) groups is 1. The van der Waals surface area contributed by atoms with Gasteiger partial charge in [-0.25, -0.2) is 4.79 Å². The first-order valence-electron chi connectivity index (χ1n) is 12.1. The average Bonchev–Trinajstić information content (AvgIpc) is 3.12. The van der Waals surface area contributed by atoms with Crippen LogP contribution >= 0.6 is 0 Å². The predicted molar refractivity (Wildman–Crippen MR) is 136 cm³/mol. The van der Waals surface area contributed by atoms with Crippen LogP contribution in [0.3, 0.4) is 0 Å². The fourth-order valence-electron chi connectivity index (χ4n) is 5.29. The van der Waals surface area contributed by atoms with E-state index in [1.807, 2.05) is 24.3 Å². The third-order valence-electron chi connectivity index (χ3n) is 7.05. The molecule has 0 saturated carbocycles. The van der Waals surface area contributed by atoms with Crippen molar-refractivity contribution in [2.45, 2.75) is 33.3 Å². The van der Waals surface area contributed by atoms with Gasteiger partial charge >= 0.3 is 5.97 Å². The van der Waals surface area contributed by atoms with E-state index in [0.29, 0.717) is 22.7 Å². The summed E-state index contributed by atoms with van der Waals surface area (Å²) in [6.45, 7) is 12.1. The highest BCUT2D eigenvalue weighted by Crippen LogP contribution is 2.57. The molecule has 0 amide bonds. The van der Waals surface area contributed by atoms with Crippen LogP contribution in [0.1, 0.15) is 54.7 Å². The highest BCUT2D eigenvalue weighted by molar-refractivity contribution is 5.98. The van der Waals surface area contributed by atoms with Gasteiger partial charge in [-0.05, 0) is 64.1 Å². The lowest BCUT2D eigenvalue weighted by Crippen LogP contribution is -2.33. The Morgan fingerprint density at radius 3 is 1.74 bits per heavy atom. The van der Waals surface area contributed by atoms with Crippen molar-refractivity contribution in [2.75, 3.05) is 41.7 Å². The largest absolute Gasteiger partial charge is 0.456 e. The van der Waals surface area contributed by atoms with Crippen molar-refractivity contribution in [2.24, 2.45) is 0 Å². The molecule has 3 aromatic carbocycles. The number of anilines is 3. The predicted octanol–water partition coefficient (Wildman–Crippen LogP) is 5.53. The number of fused-ring (bicyclic) bond motifs is 6. The van der Waals surface area contributed by atoms with Crippen LogP contribution in [0, 0.1) is 0 Å². The highest BCUT2D eigenvalue weighted by Gasteiger charge is 2.53. The van der Waals surface area contributed by atoms with Crippen LogP contribution in [-0.2, 0) is 10.3 Å². The van der Waals surface area contributed by atoms with E-state index in [4.69, 9.17) is 15.2 Å². The molecule has 2 heterocycles. The molecule has 2 aliphatic heterocycles. The Labute approximate surface area is 200 Å². The molecule has 2 N–H and O–H groups in total. The van der Waals surface area contributed by atoms with Crippen molar-refractivity contribution in [3.8, 4) is 11.5 Å². The zero-order chi connectivity index (χ0) is 24.0. The molecule has 3 aromatic rings. The summed E-state index contributed by atoms with van der Waals surface area (Å²) in [5.74, 6) is 1.03. The first kappa shape index (κ1) is 22.1. The minimum absolute atomic E-state index is 0.373. The number of nitrogen functional groups attached to an aromatic ring is 1. The summed E-state index contributed by atoms with van der Waals surface area (Å²) in [7, 11) is 0. The lowest BCUT2D eigenvalue weighted by atomic mass is 9.77. The third-order valence-corrected chi connectivity index (χ3v) is 7.05. The van der Waals surface area contributed by atoms with Crippen LogP contribution < -0.4 is 20.3 Å². The lowest BCUT2D eigenvalue weighted by molar-refractivity contribution is 0.0224. The van der Waals surface area contributed by atoms with Crippen LogP contribution in [0.15, 0.2) is 54.6 Å². The van der Waals surface area contributed by atoms with Gasteiger partial charge in [0.15, 0.2) is 5.60 Å². The van der Waals surface area contributed by atoms with E-state index in [0.717, 1.165) is 54.2 Å². The minimum Gasteiger partial charge on any atom is -0.456 e. The maximum atomic E-state index is 13.1. The van der Waals surface area contributed by atoms with E-state index >= 15 is 0 Å². The van der Waals surface area contributed by atoms with E-state index < -0.39 is 5.60 Å². The van der Waals surface area contributed by atoms with Gasteiger partial charge in [-0.3, -0.25) is 0 Å². The van der Waals surface area contributed by atoms with Crippen LogP contribution in [0.25, 0.3) is 0 Å². The fourth-order valence-corrected chi connectivity index (χ4v) is 5.29. The molecule has 5 rings (SSSR count). The number of rotatable bonds is 6. The molecule has 0 unspecified atom stereocenters. The number of hydrogen-bond donors (Lipinski definition) is 1. The Hall–Kier alpha value is -3.67. The molecule has 34 heavy (non-hydrogen) atoms. The second-order valence-electron chi connectivity index (χ2n) is 8.68. The molecule has 0 saturated heterocycles. The summed E-state index contributed by atoms with van der Waals surface area (Å²) in [5.41, 5.74) is 10.6. The molecule has 0 bridgehead atoms. The van der Waals surface area contributed by atoms with Crippen LogP contribution in [0.4, 0.5) is 17.1 Å². The topological polar surface area (TPSA) is 68.0 Å². The quantitative estimate of drug-likeness (QED) is 0.388. The SMILES string of the molecule is CCN(CC)c1ccc2c(c1)Oc1cc(N(CC)CC)ccc1C21OC(=O)c2cc(N)ccc21. The number of ether oxygens (including phenoxy) is 2. The zero-order valence-corrected chi connectivity index (χ0v) is 20.2. The Morgan fingerprint density at radius 1 is 0.735 bits per heavy atom. The Balaban J connectivity index is 1.77. The minimum atomic E-state index is -1.08. The molecule has 0 aromatic heterocycles. The molecule has 1 spiro atoms. The summed E-state index contributed by atoms with van der Waals surface area (Å²) in [6, 6.07) is 17.8. The van der Waals surface area contributed by atoms with E-state index in [-0.39, 0.29) is 5.97 Å². The van der Waals surface area contributed by atoms with E-state index in [1.54, 1.807) is 6.07 Å². The van der Waals surface area contributed by atoms with Crippen LogP contribution in [0.5, 0.6) is 11.5 Å². The number of nitrogens with two attached hydrogens (primary N) is 1. The lowest BCUT2D eigenvalue weighted by Gasteiger charge is -2.37. The molecular weight excluding hydrogens is 426 g/mol. The standard InChI is InChI=1S/C28H31N3O3/c1-5-30(6-2)19-10-13-23-25(16-19)33-26-17-20(31(7-3)8-4)11-14-24(26)28(23)22-12-9-18(29)15-21(22)27(32)34-28/h9-17H,5-8,29H2,1-4H3. The molecule has 0 aliphatic carbocycles. The zero-order valence-electron chi connectivity index (χ0n) is 20.2. The molecule has 176 valence electrons. The van der Waals surface area contributed by atoms with Gasteiger partial charge in [0.05, 0.1) is 5.56 Å². The third kappa shape index (κ3) is 3.12. The number of benzene rings is 3. The molecule has 0 atom stereocenters. The molecule has 6 nitrogen and oxygen atoms in total. The summed E-state index contributed by atoms with van der Waals surface area (Å²) in [5, 5.41) is 0. The number of hydrogen-bond acceptors (Lipinski definition) is 6. The van der Waals surface area contributed by atoms with Crippen molar-refractivity contribution in [3.63, 3.8) is 0 Å². The van der Waals surface area contributed by atoms with Crippen molar-refractivity contribution in [3.05, 3.63) is 76.9 Å². The van der Waals surface area contributed by atoms with Gasteiger partial charge in [-0.2, -0.15) is 0 Å². The van der Waals surface area contributed by atoms with Gasteiger partial charge in [-0.1, -0.05) is 6.07 Å². The van der Waals surface area contributed by atoms with Crippen molar-refractivity contribution < 1.29 is 14.3 Å². The van der Waals surface area contributed by atoms with Crippen molar-refractivity contribution in [1.29, 1.82) is 0 Å². The van der Waals surface area contributed by atoms with Gasteiger partial charge < -0.3 is 25.0 Å². The van der Waals surface area contributed by atoms with Gasteiger partial charge in [0.25, 0.3) is 0 Å². The van der Waals surface area contributed by atoms with Gasteiger partial charge in [0, 0.05) is 72.1 Å². The van der Waals surface area contributed by atoms with Crippen molar-refractivity contribution in [1.82, 2.24) is 0 Å². The maximum Gasteiger partial charge on any atom is 0.340 e. The molecule has 0 fully saturated rings. The second kappa shape index (κ2) is 8.28. The van der Waals surface area contributed by atoms with Gasteiger partial charge in [-0.15, -0.1) is 0 Å². The molecule has 6 heteroatoms.